The molecule has 136 valence electrons. The monoisotopic (exact) mass is 351 g/mol. The van der Waals surface area contributed by atoms with Crippen LogP contribution < -0.4 is 10.6 Å². The van der Waals surface area contributed by atoms with E-state index in [0.717, 1.165) is 24.9 Å². The summed E-state index contributed by atoms with van der Waals surface area (Å²) in [5, 5.41) is 5.63. The summed E-state index contributed by atoms with van der Waals surface area (Å²) in [6, 6.07) is 15.9. The molecule has 0 aromatic heterocycles. The highest BCUT2D eigenvalue weighted by molar-refractivity contribution is 5.93. The van der Waals surface area contributed by atoms with Crippen LogP contribution in [0.4, 0.5) is 11.4 Å². The zero-order chi connectivity index (χ0) is 18.5. The largest absolute Gasteiger partial charge is 0.326 e. The maximum absolute atomic E-state index is 12.4. The summed E-state index contributed by atoms with van der Waals surface area (Å²) >= 11 is 0. The minimum absolute atomic E-state index is 0.0390. The number of carbonyl (C=O) groups is 2. The molecule has 0 saturated heterocycles. The lowest BCUT2D eigenvalue weighted by atomic mass is 9.87. The number of nitrogens with one attached hydrogen (secondary N) is 2. The Kier molecular flexibility index (Phi) is 5.68. The number of amides is 2. The van der Waals surface area contributed by atoms with E-state index >= 15 is 0 Å². The molecule has 2 aromatic carbocycles. The molecule has 0 fully saturated rings. The van der Waals surface area contributed by atoms with E-state index in [4.69, 9.17) is 0 Å². The molecule has 1 aliphatic carbocycles. The molecule has 3 rings (SSSR count). The highest BCUT2D eigenvalue weighted by atomic mass is 16.2. The molecule has 0 spiro atoms. The zero-order valence-corrected chi connectivity index (χ0v) is 15.3. The third kappa shape index (κ3) is 4.49. The number of benzene rings is 2. The average Bonchev–Trinajstić information content (AvgIpc) is 2.62. The Hall–Kier alpha value is -2.66. The Labute approximate surface area is 154 Å². The third-order valence-electron chi connectivity index (χ3n) is 4.75. The highest BCUT2D eigenvalue weighted by Gasteiger charge is 2.24. The standard InChI is InChI=1S/C21H25N3O2/c1-15(25)22-17-10-12-18(13-11-17)23-21(26)14-24(2)20-9-5-7-16-6-3-4-8-19(16)20/h3-4,6,8,10-13,20H,5,7,9,14H2,1-2H3,(H,22,25)(H,23,26)/t20-/m1/s1. The van der Waals surface area contributed by atoms with Gasteiger partial charge in [-0.25, -0.2) is 0 Å². The predicted molar refractivity (Wildman–Crippen MR) is 104 cm³/mol. The van der Waals surface area contributed by atoms with Gasteiger partial charge in [0.25, 0.3) is 0 Å². The van der Waals surface area contributed by atoms with Crippen molar-refractivity contribution in [3.63, 3.8) is 0 Å². The molecule has 0 bridgehead atoms. The Morgan fingerprint density at radius 2 is 1.69 bits per heavy atom. The third-order valence-corrected chi connectivity index (χ3v) is 4.75. The van der Waals surface area contributed by atoms with Crippen LogP contribution in [0.5, 0.6) is 0 Å². The zero-order valence-electron chi connectivity index (χ0n) is 15.3. The molecule has 0 radical (unpaired) electrons. The Morgan fingerprint density at radius 1 is 1.04 bits per heavy atom. The summed E-state index contributed by atoms with van der Waals surface area (Å²) in [7, 11) is 2.01. The first-order valence-corrected chi connectivity index (χ1v) is 8.98. The van der Waals surface area contributed by atoms with Gasteiger partial charge in [-0.1, -0.05) is 24.3 Å². The Balaban J connectivity index is 1.59. The lowest BCUT2D eigenvalue weighted by molar-refractivity contribution is -0.117. The molecule has 5 nitrogen and oxygen atoms in total. The van der Waals surface area contributed by atoms with Crippen molar-refractivity contribution in [3.05, 3.63) is 59.7 Å². The van der Waals surface area contributed by atoms with Crippen LogP contribution in [-0.2, 0) is 16.0 Å². The van der Waals surface area contributed by atoms with Crippen LogP contribution in [0.2, 0.25) is 0 Å². The number of nitrogens with zero attached hydrogens (tertiary/aromatic N) is 1. The van der Waals surface area contributed by atoms with E-state index in [1.54, 1.807) is 24.3 Å². The molecule has 0 aliphatic heterocycles. The van der Waals surface area contributed by atoms with E-state index in [0.29, 0.717) is 12.2 Å². The SMILES string of the molecule is CC(=O)Nc1ccc(NC(=O)CN(C)[C@@H]2CCCc3ccccc32)cc1. The van der Waals surface area contributed by atoms with Crippen molar-refractivity contribution < 1.29 is 9.59 Å². The second-order valence-electron chi connectivity index (χ2n) is 6.83. The normalized spacial score (nSPS) is 16.0. The van der Waals surface area contributed by atoms with Gasteiger partial charge in [-0.05, 0) is 61.7 Å². The van der Waals surface area contributed by atoms with E-state index in [2.05, 4.69) is 39.8 Å². The van der Waals surface area contributed by atoms with Crippen LogP contribution >= 0.6 is 0 Å². The fraction of sp³-hybridized carbons (Fsp3) is 0.333. The fourth-order valence-electron chi connectivity index (χ4n) is 3.56. The van der Waals surface area contributed by atoms with E-state index in [9.17, 15) is 9.59 Å². The van der Waals surface area contributed by atoms with Gasteiger partial charge in [0.15, 0.2) is 0 Å². The van der Waals surface area contributed by atoms with Crippen molar-refractivity contribution in [2.45, 2.75) is 32.2 Å². The summed E-state index contributed by atoms with van der Waals surface area (Å²) in [5.74, 6) is -0.154. The van der Waals surface area contributed by atoms with E-state index in [1.807, 2.05) is 7.05 Å². The van der Waals surface area contributed by atoms with E-state index in [1.165, 1.54) is 18.1 Å². The Morgan fingerprint density at radius 3 is 2.38 bits per heavy atom. The number of anilines is 2. The molecule has 0 heterocycles. The number of likely N-dealkylation sites (N-methyl/N-ethyl adjacent to an activating group) is 1. The number of aryl methyl sites for hydroxylation is 1. The summed E-state index contributed by atoms with van der Waals surface area (Å²) < 4.78 is 0. The minimum Gasteiger partial charge on any atom is -0.326 e. The van der Waals surface area contributed by atoms with Gasteiger partial charge < -0.3 is 10.6 Å². The van der Waals surface area contributed by atoms with Crippen molar-refractivity contribution >= 4 is 23.2 Å². The van der Waals surface area contributed by atoms with Crippen LogP contribution in [0, 0.1) is 0 Å². The van der Waals surface area contributed by atoms with Gasteiger partial charge in [0.05, 0.1) is 6.54 Å². The smallest absolute Gasteiger partial charge is 0.238 e. The first-order chi connectivity index (χ1) is 12.5. The molecule has 1 atom stereocenters. The molecule has 0 unspecified atom stereocenters. The number of rotatable bonds is 5. The molecule has 26 heavy (non-hydrogen) atoms. The molecule has 2 aromatic rings. The minimum atomic E-state index is -0.115. The molecule has 2 amide bonds. The van der Waals surface area contributed by atoms with Gasteiger partial charge in [0, 0.05) is 24.3 Å². The topological polar surface area (TPSA) is 61.4 Å². The van der Waals surface area contributed by atoms with Gasteiger partial charge in [-0.2, -0.15) is 0 Å². The van der Waals surface area contributed by atoms with Gasteiger partial charge in [0.2, 0.25) is 11.8 Å². The van der Waals surface area contributed by atoms with Crippen molar-refractivity contribution in [1.29, 1.82) is 0 Å². The molecule has 2 N–H and O–H groups in total. The maximum Gasteiger partial charge on any atom is 0.238 e. The predicted octanol–water partition coefficient (Wildman–Crippen LogP) is 3.59. The first kappa shape index (κ1) is 18.1. The van der Waals surface area contributed by atoms with Gasteiger partial charge in [-0.15, -0.1) is 0 Å². The van der Waals surface area contributed by atoms with Crippen molar-refractivity contribution in [2.75, 3.05) is 24.2 Å². The van der Waals surface area contributed by atoms with E-state index in [-0.39, 0.29) is 17.9 Å². The molecular weight excluding hydrogens is 326 g/mol. The molecule has 1 aliphatic rings. The van der Waals surface area contributed by atoms with Crippen LogP contribution in [-0.4, -0.2) is 30.3 Å². The van der Waals surface area contributed by atoms with Crippen molar-refractivity contribution in [1.82, 2.24) is 4.90 Å². The average molecular weight is 351 g/mol. The van der Waals surface area contributed by atoms with Gasteiger partial charge >= 0.3 is 0 Å². The van der Waals surface area contributed by atoms with Crippen LogP contribution in [0.3, 0.4) is 0 Å². The molecule has 0 saturated carbocycles. The highest BCUT2D eigenvalue weighted by Crippen LogP contribution is 2.33. The van der Waals surface area contributed by atoms with Crippen molar-refractivity contribution in [2.24, 2.45) is 0 Å². The van der Waals surface area contributed by atoms with Crippen molar-refractivity contribution in [3.8, 4) is 0 Å². The molecular formula is C21H25N3O2. The van der Waals surface area contributed by atoms with Gasteiger partial charge in [0.1, 0.15) is 0 Å². The summed E-state index contributed by atoms with van der Waals surface area (Å²) in [6.45, 7) is 1.81. The van der Waals surface area contributed by atoms with Crippen LogP contribution in [0.1, 0.15) is 36.9 Å². The van der Waals surface area contributed by atoms with Crippen LogP contribution in [0.15, 0.2) is 48.5 Å². The summed E-state index contributed by atoms with van der Waals surface area (Å²) in [4.78, 5) is 25.6. The second kappa shape index (κ2) is 8.15. The van der Waals surface area contributed by atoms with Gasteiger partial charge in [-0.3, -0.25) is 14.5 Å². The summed E-state index contributed by atoms with van der Waals surface area (Å²) in [5.41, 5.74) is 4.17. The lowest BCUT2D eigenvalue weighted by Gasteiger charge is -2.32. The number of fused-ring (bicyclic) bond motifs is 1. The quantitative estimate of drug-likeness (QED) is 0.865. The van der Waals surface area contributed by atoms with Crippen LogP contribution in [0.25, 0.3) is 0 Å². The maximum atomic E-state index is 12.4. The number of carbonyl (C=O) groups excluding carboxylic acids is 2. The summed E-state index contributed by atoms with van der Waals surface area (Å²) in [6.07, 6.45) is 3.35. The first-order valence-electron chi connectivity index (χ1n) is 8.98. The second-order valence-corrected chi connectivity index (χ2v) is 6.83. The number of hydrogen-bond donors (Lipinski definition) is 2. The Bertz CT molecular complexity index is 786. The lowest BCUT2D eigenvalue weighted by Crippen LogP contribution is -2.34. The molecule has 5 heteroatoms. The van der Waals surface area contributed by atoms with E-state index < -0.39 is 0 Å². The number of hydrogen-bond acceptors (Lipinski definition) is 3. The fourth-order valence-corrected chi connectivity index (χ4v) is 3.56.